The Labute approximate surface area is 138 Å². The Morgan fingerprint density at radius 1 is 1.35 bits per heavy atom. The number of hydrogen-bond acceptors (Lipinski definition) is 3. The zero-order valence-corrected chi connectivity index (χ0v) is 14.1. The predicted molar refractivity (Wildman–Crippen MR) is 89.0 cm³/mol. The lowest BCUT2D eigenvalue weighted by molar-refractivity contribution is -0.127. The first-order chi connectivity index (χ1) is 11.0. The van der Waals surface area contributed by atoms with Crippen LogP contribution in [0.4, 0.5) is 4.39 Å². The zero-order chi connectivity index (χ0) is 16.7. The first-order valence-corrected chi connectivity index (χ1v) is 8.47. The number of carbonyl (C=O) groups is 1. The van der Waals surface area contributed by atoms with Gasteiger partial charge in [0.2, 0.25) is 0 Å². The molecule has 1 aromatic rings. The number of likely N-dealkylation sites (tertiary alicyclic amines) is 1. The molecule has 0 aliphatic carbocycles. The molecule has 1 heterocycles. The summed E-state index contributed by atoms with van der Waals surface area (Å²) >= 11 is 0. The lowest BCUT2D eigenvalue weighted by Crippen LogP contribution is -2.39. The molecule has 0 unspecified atom stereocenters. The van der Waals surface area contributed by atoms with Crippen molar-refractivity contribution in [1.29, 1.82) is 0 Å². The maximum atomic E-state index is 12.8. The largest absolute Gasteiger partial charge is 0.481 e. The van der Waals surface area contributed by atoms with E-state index in [-0.39, 0.29) is 11.7 Å². The lowest BCUT2D eigenvalue weighted by Gasteiger charge is -2.30. The number of nitrogens with zero attached hydrogens (tertiary/aromatic N) is 1. The third kappa shape index (κ3) is 6.18. The molecule has 0 spiro atoms. The fraction of sp³-hybridized carbons (Fsp3) is 0.611. The van der Waals surface area contributed by atoms with E-state index < -0.39 is 6.10 Å². The minimum absolute atomic E-state index is 0.137. The summed E-state index contributed by atoms with van der Waals surface area (Å²) in [6.07, 6.45) is 2.91. The summed E-state index contributed by atoms with van der Waals surface area (Å²) < 4.78 is 18.3. The Balaban J connectivity index is 1.61. The molecule has 0 saturated carbocycles. The average molecular weight is 322 g/mol. The molecular weight excluding hydrogens is 295 g/mol. The second kappa shape index (κ2) is 8.87. The van der Waals surface area contributed by atoms with Gasteiger partial charge in [-0.3, -0.25) is 4.79 Å². The molecule has 2 rings (SSSR count). The highest BCUT2D eigenvalue weighted by atomic mass is 19.1. The van der Waals surface area contributed by atoms with E-state index in [1.54, 1.807) is 6.92 Å². The maximum absolute atomic E-state index is 12.8. The molecule has 1 fully saturated rings. The molecule has 0 radical (unpaired) electrons. The molecule has 128 valence electrons. The van der Waals surface area contributed by atoms with Crippen LogP contribution in [-0.4, -0.2) is 43.1 Å². The quantitative estimate of drug-likeness (QED) is 0.785. The predicted octanol–water partition coefficient (Wildman–Crippen LogP) is 2.83. The van der Waals surface area contributed by atoms with Crippen molar-refractivity contribution in [3.05, 3.63) is 30.1 Å². The van der Waals surface area contributed by atoms with E-state index >= 15 is 0 Å². The normalized spacial score (nSPS) is 17.7. The molecule has 5 heteroatoms. The highest BCUT2D eigenvalue weighted by Crippen LogP contribution is 2.16. The first kappa shape index (κ1) is 17.7. The van der Waals surface area contributed by atoms with Gasteiger partial charge in [-0.1, -0.05) is 6.92 Å². The van der Waals surface area contributed by atoms with Crippen LogP contribution in [0.3, 0.4) is 0 Å². The van der Waals surface area contributed by atoms with Crippen LogP contribution in [0.15, 0.2) is 24.3 Å². The van der Waals surface area contributed by atoms with Gasteiger partial charge in [-0.25, -0.2) is 4.39 Å². The summed E-state index contributed by atoms with van der Waals surface area (Å²) in [6, 6.07) is 5.69. The van der Waals surface area contributed by atoms with E-state index in [2.05, 4.69) is 17.1 Å². The van der Waals surface area contributed by atoms with Gasteiger partial charge in [-0.15, -0.1) is 0 Å². The van der Waals surface area contributed by atoms with Crippen LogP contribution in [0.25, 0.3) is 0 Å². The minimum Gasteiger partial charge on any atom is -0.481 e. The van der Waals surface area contributed by atoms with Crippen molar-refractivity contribution in [2.45, 2.75) is 39.2 Å². The SMILES string of the molecule is CC1CCN(CCCNC(=O)[C@@H](C)Oc2ccc(F)cc2)CC1. The number of amides is 1. The van der Waals surface area contributed by atoms with Crippen molar-refractivity contribution in [2.75, 3.05) is 26.2 Å². The molecule has 4 nitrogen and oxygen atoms in total. The van der Waals surface area contributed by atoms with E-state index in [4.69, 9.17) is 4.74 Å². The van der Waals surface area contributed by atoms with Crippen LogP contribution < -0.4 is 10.1 Å². The second-order valence-corrected chi connectivity index (χ2v) is 6.38. The highest BCUT2D eigenvalue weighted by Gasteiger charge is 2.16. The van der Waals surface area contributed by atoms with Crippen molar-refractivity contribution >= 4 is 5.91 Å². The van der Waals surface area contributed by atoms with Crippen molar-refractivity contribution in [2.24, 2.45) is 5.92 Å². The molecule has 0 aromatic heterocycles. The van der Waals surface area contributed by atoms with E-state index in [1.165, 1.54) is 50.2 Å². The number of carbonyl (C=O) groups excluding carboxylic acids is 1. The molecule has 1 aliphatic heterocycles. The van der Waals surface area contributed by atoms with Gasteiger partial charge >= 0.3 is 0 Å². The smallest absolute Gasteiger partial charge is 0.260 e. The van der Waals surface area contributed by atoms with Gasteiger partial charge in [0.15, 0.2) is 6.10 Å². The Kier molecular flexibility index (Phi) is 6.84. The molecule has 23 heavy (non-hydrogen) atoms. The van der Waals surface area contributed by atoms with Crippen molar-refractivity contribution in [1.82, 2.24) is 10.2 Å². The van der Waals surface area contributed by atoms with Crippen LogP contribution >= 0.6 is 0 Å². The van der Waals surface area contributed by atoms with Crippen LogP contribution in [0, 0.1) is 11.7 Å². The Morgan fingerprint density at radius 3 is 2.65 bits per heavy atom. The van der Waals surface area contributed by atoms with E-state index in [1.807, 2.05) is 0 Å². The van der Waals surface area contributed by atoms with Crippen LogP contribution in [0.2, 0.25) is 0 Å². The van der Waals surface area contributed by atoms with Gasteiger partial charge < -0.3 is 15.0 Å². The van der Waals surface area contributed by atoms with Gasteiger partial charge in [-0.2, -0.15) is 0 Å². The molecular formula is C18H27FN2O2. The van der Waals surface area contributed by atoms with Gasteiger partial charge in [0.05, 0.1) is 0 Å². The maximum Gasteiger partial charge on any atom is 0.260 e. The second-order valence-electron chi connectivity index (χ2n) is 6.38. The topological polar surface area (TPSA) is 41.6 Å². The molecule has 1 aliphatic rings. The Bertz CT molecular complexity index is 484. The number of rotatable bonds is 7. The molecule has 1 amide bonds. The third-order valence-electron chi connectivity index (χ3n) is 4.32. The number of halogens is 1. The van der Waals surface area contributed by atoms with E-state index in [0.717, 1.165) is 18.9 Å². The number of ether oxygens (including phenoxy) is 1. The summed E-state index contributed by atoms with van der Waals surface area (Å²) in [6.45, 7) is 8.02. The van der Waals surface area contributed by atoms with Gasteiger partial charge in [0, 0.05) is 6.54 Å². The zero-order valence-electron chi connectivity index (χ0n) is 14.1. The Hall–Kier alpha value is -1.62. The standard InChI is InChI=1S/C18H27FN2O2/c1-14-8-12-21(13-9-14)11-3-10-20-18(22)15(2)23-17-6-4-16(19)5-7-17/h4-7,14-15H,3,8-13H2,1-2H3,(H,20,22)/t15-/m1/s1. The fourth-order valence-electron chi connectivity index (χ4n) is 2.71. The van der Waals surface area contributed by atoms with E-state index in [9.17, 15) is 9.18 Å². The number of piperidine rings is 1. The van der Waals surface area contributed by atoms with Crippen molar-refractivity contribution < 1.29 is 13.9 Å². The fourth-order valence-corrected chi connectivity index (χ4v) is 2.71. The summed E-state index contributed by atoms with van der Waals surface area (Å²) in [4.78, 5) is 14.4. The molecule has 1 aromatic carbocycles. The highest BCUT2D eigenvalue weighted by molar-refractivity contribution is 5.80. The molecule has 1 saturated heterocycles. The number of benzene rings is 1. The monoisotopic (exact) mass is 322 g/mol. The Morgan fingerprint density at radius 2 is 2.00 bits per heavy atom. The van der Waals surface area contributed by atoms with Gasteiger partial charge in [-0.05, 0) is 76.0 Å². The third-order valence-corrected chi connectivity index (χ3v) is 4.32. The van der Waals surface area contributed by atoms with Crippen LogP contribution in [-0.2, 0) is 4.79 Å². The number of nitrogens with one attached hydrogen (secondary N) is 1. The summed E-state index contributed by atoms with van der Waals surface area (Å²) in [5.41, 5.74) is 0. The van der Waals surface area contributed by atoms with Crippen molar-refractivity contribution in [3.8, 4) is 5.75 Å². The summed E-state index contributed by atoms with van der Waals surface area (Å²) in [7, 11) is 0. The van der Waals surface area contributed by atoms with Crippen LogP contribution in [0.5, 0.6) is 5.75 Å². The number of hydrogen-bond donors (Lipinski definition) is 1. The summed E-state index contributed by atoms with van der Waals surface area (Å²) in [5, 5.41) is 2.90. The minimum atomic E-state index is -0.587. The van der Waals surface area contributed by atoms with Gasteiger partial charge in [0.1, 0.15) is 11.6 Å². The first-order valence-electron chi connectivity index (χ1n) is 8.47. The lowest BCUT2D eigenvalue weighted by atomic mass is 9.99. The van der Waals surface area contributed by atoms with E-state index in [0.29, 0.717) is 12.3 Å². The molecule has 1 atom stereocenters. The average Bonchev–Trinajstić information content (AvgIpc) is 2.55. The molecule has 1 N–H and O–H groups in total. The summed E-state index contributed by atoms with van der Waals surface area (Å²) in [5.74, 6) is 0.884. The molecule has 0 bridgehead atoms. The van der Waals surface area contributed by atoms with Gasteiger partial charge in [0.25, 0.3) is 5.91 Å². The van der Waals surface area contributed by atoms with Crippen LogP contribution in [0.1, 0.15) is 33.1 Å². The van der Waals surface area contributed by atoms with Crippen molar-refractivity contribution in [3.63, 3.8) is 0 Å².